The van der Waals surface area contributed by atoms with Gasteiger partial charge in [0.05, 0.1) is 0 Å². The van der Waals surface area contributed by atoms with Crippen molar-refractivity contribution >= 4 is 39.9 Å². The highest BCUT2D eigenvalue weighted by atomic mass is 35.5. The molecule has 3 aromatic heterocycles. The molecule has 0 unspecified atom stereocenters. The van der Waals surface area contributed by atoms with Crippen molar-refractivity contribution in [1.82, 2.24) is 19.9 Å². The normalized spacial score (nSPS) is 19.2. The van der Waals surface area contributed by atoms with Crippen LogP contribution in [-0.4, -0.2) is 25.8 Å². The number of nitrogens with one attached hydrogen (secondary N) is 1. The Bertz CT molecular complexity index is 933. The molecule has 1 aliphatic carbocycles. The number of anilines is 2. The zero-order valence-electron chi connectivity index (χ0n) is 12.5. The van der Waals surface area contributed by atoms with E-state index in [-0.39, 0.29) is 17.7 Å². The van der Waals surface area contributed by atoms with Gasteiger partial charge in [-0.05, 0) is 30.0 Å². The van der Waals surface area contributed by atoms with Crippen LogP contribution < -0.4 is 11.1 Å². The van der Waals surface area contributed by atoms with Crippen molar-refractivity contribution in [1.29, 1.82) is 0 Å². The van der Waals surface area contributed by atoms with Crippen LogP contribution in [0.15, 0.2) is 36.8 Å². The zero-order valence-corrected chi connectivity index (χ0v) is 13.2. The van der Waals surface area contributed by atoms with Crippen LogP contribution in [-0.2, 0) is 4.79 Å². The van der Waals surface area contributed by atoms with Crippen LogP contribution in [0.4, 0.5) is 11.6 Å². The maximum Gasteiger partial charge on any atom is 0.229 e. The molecular weight excluding hydrogens is 328 g/mol. The molecule has 3 N–H and O–H groups in total. The predicted octanol–water partition coefficient (Wildman–Crippen LogP) is 2.40. The van der Waals surface area contributed by atoms with E-state index < -0.39 is 0 Å². The molecule has 0 aliphatic heterocycles. The summed E-state index contributed by atoms with van der Waals surface area (Å²) in [6.45, 7) is 0. The number of pyridine rings is 2. The Balaban J connectivity index is 1.52. The number of hydrogen-bond donors (Lipinski definition) is 2. The first-order valence-corrected chi connectivity index (χ1v) is 7.79. The molecule has 1 fully saturated rings. The highest BCUT2D eigenvalue weighted by molar-refractivity contribution is 6.30. The summed E-state index contributed by atoms with van der Waals surface area (Å²) in [5, 5.41) is 4.59. The Labute approximate surface area is 142 Å². The fraction of sp³-hybridized carbons (Fsp3) is 0.188. The predicted molar refractivity (Wildman–Crippen MR) is 90.5 cm³/mol. The third kappa shape index (κ3) is 2.74. The molecule has 120 valence electrons. The van der Waals surface area contributed by atoms with Gasteiger partial charge in [0.15, 0.2) is 0 Å². The topological polar surface area (TPSA) is 107 Å². The van der Waals surface area contributed by atoms with Crippen molar-refractivity contribution in [2.24, 2.45) is 5.92 Å². The molecule has 4 rings (SSSR count). The Morgan fingerprint density at radius 1 is 1.25 bits per heavy atom. The number of fused-ring (bicyclic) bond motifs is 1. The van der Waals surface area contributed by atoms with Crippen molar-refractivity contribution in [3.05, 3.63) is 47.8 Å². The molecule has 0 spiro atoms. The maximum absolute atomic E-state index is 12.4. The molecule has 1 aliphatic rings. The van der Waals surface area contributed by atoms with E-state index in [2.05, 4.69) is 25.3 Å². The van der Waals surface area contributed by atoms with Gasteiger partial charge in [-0.1, -0.05) is 11.6 Å². The van der Waals surface area contributed by atoms with E-state index in [1.807, 2.05) is 0 Å². The first kappa shape index (κ1) is 14.8. The average Bonchev–Trinajstić information content (AvgIpc) is 3.36. The SMILES string of the molecule is Nc1nc(Cl)cc2cc(NC(=O)[C@H]3C[C@@H]3c3ncccn3)ncc12. The smallest absolute Gasteiger partial charge is 0.229 e. The Hall–Kier alpha value is -2.80. The number of halogens is 1. The van der Waals surface area contributed by atoms with Crippen LogP contribution in [0.3, 0.4) is 0 Å². The van der Waals surface area contributed by atoms with E-state index in [9.17, 15) is 4.79 Å². The van der Waals surface area contributed by atoms with E-state index in [0.717, 1.165) is 11.8 Å². The van der Waals surface area contributed by atoms with Crippen LogP contribution in [0.25, 0.3) is 10.8 Å². The number of carbonyl (C=O) groups excluding carboxylic acids is 1. The van der Waals surface area contributed by atoms with Gasteiger partial charge in [0.25, 0.3) is 0 Å². The lowest BCUT2D eigenvalue weighted by Gasteiger charge is -2.07. The number of amides is 1. The summed E-state index contributed by atoms with van der Waals surface area (Å²) in [6.07, 6.45) is 5.69. The molecule has 0 bridgehead atoms. The van der Waals surface area contributed by atoms with Crippen molar-refractivity contribution in [2.75, 3.05) is 11.1 Å². The fourth-order valence-electron chi connectivity index (χ4n) is 2.70. The molecule has 1 saturated carbocycles. The summed E-state index contributed by atoms with van der Waals surface area (Å²) in [4.78, 5) is 29.0. The van der Waals surface area contributed by atoms with Crippen LogP contribution in [0.1, 0.15) is 18.2 Å². The second-order valence-electron chi connectivity index (χ2n) is 5.67. The Morgan fingerprint density at radius 3 is 2.83 bits per heavy atom. The van der Waals surface area contributed by atoms with Crippen LogP contribution in [0.5, 0.6) is 0 Å². The van der Waals surface area contributed by atoms with E-state index in [1.165, 1.54) is 0 Å². The number of rotatable bonds is 3. The number of nitrogen functional groups attached to an aromatic ring is 1. The lowest BCUT2D eigenvalue weighted by atomic mass is 10.2. The third-order valence-electron chi connectivity index (χ3n) is 4.01. The van der Waals surface area contributed by atoms with Crippen molar-refractivity contribution < 1.29 is 4.79 Å². The monoisotopic (exact) mass is 340 g/mol. The quantitative estimate of drug-likeness (QED) is 0.709. The minimum Gasteiger partial charge on any atom is -0.383 e. The minimum atomic E-state index is -0.129. The number of nitrogens with zero attached hydrogens (tertiary/aromatic N) is 4. The molecule has 0 aromatic carbocycles. The van der Waals surface area contributed by atoms with E-state index in [1.54, 1.807) is 36.8 Å². The number of aromatic nitrogens is 4. The third-order valence-corrected chi connectivity index (χ3v) is 4.20. The lowest BCUT2D eigenvalue weighted by Crippen LogP contribution is -2.15. The largest absolute Gasteiger partial charge is 0.383 e. The molecule has 1 amide bonds. The number of nitrogens with two attached hydrogens (primary N) is 1. The molecule has 0 saturated heterocycles. The Morgan fingerprint density at radius 2 is 2.04 bits per heavy atom. The summed E-state index contributed by atoms with van der Waals surface area (Å²) in [7, 11) is 0. The first-order valence-electron chi connectivity index (χ1n) is 7.41. The van der Waals surface area contributed by atoms with Gasteiger partial charge in [0, 0.05) is 35.8 Å². The van der Waals surface area contributed by atoms with Crippen LogP contribution in [0.2, 0.25) is 5.15 Å². The zero-order chi connectivity index (χ0) is 16.7. The number of carbonyl (C=O) groups is 1. The van der Waals surface area contributed by atoms with E-state index in [0.29, 0.717) is 28.0 Å². The standard InChI is InChI=1S/C16H13ClN6O/c17-12-4-8-5-13(21-7-11(8)14(18)22-12)23-16(24)10-6-9(10)15-19-2-1-3-20-15/h1-5,7,9-10H,6H2,(H2,18,22)(H,21,23,24)/t9-,10-/m0/s1. The van der Waals surface area contributed by atoms with Crippen LogP contribution in [0, 0.1) is 5.92 Å². The maximum atomic E-state index is 12.4. The van der Waals surface area contributed by atoms with Gasteiger partial charge in [-0.15, -0.1) is 0 Å². The van der Waals surface area contributed by atoms with Gasteiger partial charge in [-0.3, -0.25) is 4.79 Å². The summed E-state index contributed by atoms with van der Waals surface area (Å²) in [5.74, 6) is 1.32. The van der Waals surface area contributed by atoms with Crippen molar-refractivity contribution in [3.8, 4) is 0 Å². The van der Waals surface area contributed by atoms with Crippen LogP contribution >= 0.6 is 11.6 Å². The Kier molecular flexibility index (Phi) is 3.50. The van der Waals surface area contributed by atoms with Crippen molar-refractivity contribution in [3.63, 3.8) is 0 Å². The molecule has 7 nitrogen and oxygen atoms in total. The molecule has 0 radical (unpaired) electrons. The van der Waals surface area contributed by atoms with Gasteiger partial charge < -0.3 is 11.1 Å². The summed E-state index contributed by atoms with van der Waals surface area (Å²) in [5.41, 5.74) is 5.81. The molecule has 8 heteroatoms. The molecule has 2 atom stereocenters. The lowest BCUT2D eigenvalue weighted by molar-refractivity contribution is -0.117. The van der Waals surface area contributed by atoms with Crippen molar-refractivity contribution in [2.45, 2.75) is 12.3 Å². The van der Waals surface area contributed by atoms with Gasteiger partial charge >= 0.3 is 0 Å². The van der Waals surface area contributed by atoms with E-state index >= 15 is 0 Å². The molecule has 24 heavy (non-hydrogen) atoms. The first-order chi connectivity index (χ1) is 11.6. The second kappa shape index (κ2) is 5.68. The van der Waals surface area contributed by atoms with Gasteiger partial charge in [0.2, 0.25) is 5.91 Å². The molecule has 3 aromatic rings. The summed E-state index contributed by atoms with van der Waals surface area (Å²) in [6, 6.07) is 5.17. The summed E-state index contributed by atoms with van der Waals surface area (Å²) >= 11 is 5.92. The summed E-state index contributed by atoms with van der Waals surface area (Å²) < 4.78 is 0. The second-order valence-corrected chi connectivity index (χ2v) is 6.05. The fourth-order valence-corrected chi connectivity index (χ4v) is 2.91. The average molecular weight is 341 g/mol. The number of hydrogen-bond acceptors (Lipinski definition) is 6. The van der Waals surface area contributed by atoms with Gasteiger partial charge in [-0.25, -0.2) is 19.9 Å². The molecular formula is C16H13ClN6O. The highest BCUT2D eigenvalue weighted by Crippen LogP contribution is 2.46. The van der Waals surface area contributed by atoms with Gasteiger partial charge in [0.1, 0.15) is 22.6 Å². The highest BCUT2D eigenvalue weighted by Gasteiger charge is 2.46. The minimum absolute atomic E-state index is 0.0703. The van der Waals surface area contributed by atoms with E-state index in [4.69, 9.17) is 17.3 Å². The van der Waals surface area contributed by atoms with Gasteiger partial charge in [-0.2, -0.15) is 0 Å². The molecule has 3 heterocycles.